The van der Waals surface area contributed by atoms with Gasteiger partial charge in [0.05, 0.1) is 4.21 Å². The number of hydrogen-bond donors (Lipinski definition) is 3. The van der Waals surface area contributed by atoms with E-state index < -0.39 is 10.0 Å². The third-order valence-corrected chi connectivity index (χ3v) is 7.20. The lowest BCUT2D eigenvalue weighted by molar-refractivity contribution is -0.121. The smallest absolute Gasteiger partial charge is 0.247 e. The quantitative estimate of drug-likeness (QED) is 0.609. The van der Waals surface area contributed by atoms with Gasteiger partial charge in [0.2, 0.25) is 15.9 Å². The second kappa shape index (κ2) is 7.95. The minimum atomic E-state index is -3.69. The minimum Gasteiger partial charge on any atom is -0.356 e. The van der Waals surface area contributed by atoms with Crippen molar-refractivity contribution in [2.75, 3.05) is 26.2 Å². The van der Waals surface area contributed by atoms with Gasteiger partial charge in [-0.1, -0.05) is 6.92 Å². The topological polar surface area (TPSA) is 105 Å². The maximum atomic E-state index is 11.6. The Morgan fingerprint density at radius 1 is 1.43 bits per heavy atom. The Balaban J connectivity index is 2.14. The Morgan fingerprint density at radius 2 is 2.17 bits per heavy atom. The Morgan fingerprint density at radius 3 is 2.78 bits per heavy atom. The fourth-order valence-electron chi connectivity index (χ4n) is 2.35. The highest BCUT2D eigenvalue weighted by Gasteiger charge is 2.30. The predicted octanol–water partition coefficient (Wildman–Crippen LogP) is 0.895. The third kappa shape index (κ3) is 4.91. The summed E-state index contributed by atoms with van der Waals surface area (Å²) in [5.74, 6) is 0.0234. The fraction of sp³-hybridized carbons (Fsp3) is 0.615. The molecule has 0 aromatic carbocycles. The average Bonchev–Trinajstić information content (AvgIpc) is 2.90. The summed E-state index contributed by atoms with van der Waals surface area (Å²) in [7, 11) is -3.69. The van der Waals surface area contributed by atoms with Crippen molar-refractivity contribution < 1.29 is 13.2 Å². The standard InChI is InChI=1S/C13H22N4O3S3/c1-3-15-10-8-17(6-5-11(18)16-4-2)22-13-9(10)7-12(21-13)23(14,19)20/h7,10,15H,3-6,8H2,1-2H3,(H,16,18)(H2,14,19,20)/t10-/m0/s1. The van der Waals surface area contributed by atoms with Gasteiger partial charge in [-0.2, -0.15) is 0 Å². The van der Waals surface area contributed by atoms with Gasteiger partial charge in [-0.05, 0) is 37.0 Å². The zero-order chi connectivity index (χ0) is 17.0. The van der Waals surface area contributed by atoms with E-state index in [1.807, 2.05) is 13.8 Å². The van der Waals surface area contributed by atoms with Crippen molar-refractivity contribution >= 4 is 39.2 Å². The average molecular weight is 379 g/mol. The van der Waals surface area contributed by atoms with Gasteiger partial charge < -0.3 is 10.6 Å². The van der Waals surface area contributed by atoms with Gasteiger partial charge in [0.25, 0.3) is 0 Å². The number of fused-ring (bicyclic) bond motifs is 1. The summed E-state index contributed by atoms with van der Waals surface area (Å²) < 4.78 is 26.3. The molecule has 0 spiro atoms. The van der Waals surface area contributed by atoms with Crippen LogP contribution in [0.5, 0.6) is 0 Å². The second-order valence-electron chi connectivity index (χ2n) is 5.15. The van der Waals surface area contributed by atoms with E-state index in [-0.39, 0.29) is 16.2 Å². The van der Waals surface area contributed by atoms with Crippen LogP contribution in [0.2, 0.25) is 0 Å². The molecule has 2 heterocycles. The number of sulfonamides is 1. The van der Waals surface area contributed by atoms with Gasteiger partial charge in [0.15, 0.2) is 0 Å². The summed E-state index contributed by atoms with van der Waals surface area (Å²) in [6.07, 6.45) is 0.419. The van der Waals surface area contributed by atoms with Gasteiger partial charge >= 0.3 is 0 Å². The van der Waals surface area contributed by atoms with E-state index in [1.165, 1.54) is 23.3 Å². The maximum Gasteiger partial charge on any atom is 0.247 e. The molecule has 10 heteroatoms. The van der Waals surface area contributed by atoms with Crippen LogP contribution in [-0.2, 0) is 14.8 Å². The molecule has 1 aromatic rings. The zero-order valence-corrected chi connectivity index (χ0v) is 15.6. The molecule has 0 saturated carbocycles. The van der Waals surface area contributed by atoms with Crippen molar-refractivity contribution in [1.82, 2.24) is 14.9 Å². The number of likely N-dealkylation sites (N-methyl/N-ethyl adjacent to an activating group) is 1. The molecule has 1 aliphatic heterocycles. The van der Waals surface area contributed by atoms with Gasteiger partial charge in [-0.25, -0.2) is 17.9 Å². The lowest BCUT2D eigenvalue weighted by atomic mass is 10.1. The van der Waals surface area contributed by atoms with E-state index in [0.29, 0.717) is 26.1 Å². The van der Waals surface area contributed by atoms with Crippen LogP contribution in [-0.4, -0.2) is 44.8 Å². The Bertz CT molecular complexity index is 659. The summed E-state index contributed by atoms with van der Waals surface area (Å²) >= 11 is 2.68. The zero-order valence-electron chi connectivity index (χ0n) is 13.2. The van der Waals surface area contributed by atoms with Crippen LogP contribution < -0.4 is 15.8 Å². The van der Waals surface area contributed by atoms with Crippen molar-refractivity contribution in [1.29, 1.82) is 0 Å². The van der Waals surface area contributed by atoms with E-state index in [1.54, 1.807) is 6.07 Å². The van der Waals surface area contributed by atoms with Crippen LogP contribution in [0.4, 0.5) is 0 Å². The maximum absolute atomic E-state index is 11.6. The van der Waals surface area contributed by atoms with Crippen molar-refractivity contribution in [2.45, 2.75) is 34.7 Å². The minimum absolute atomic E-state index is 0.0234. The molecule has 23 heavy (non-hydrogen) atoms. The van der Waals surface area contributed by atoms with E-state index in [9.17, 15) is 13.2 Å². The van der Waals surface area contributed by atoms with Gasteiger partial charge in [-0.3, -0.25) is 4.79 Å². The molecule has 1 aromatic heterocycles. The number of amides is 1. The molecule has 0 saturated heterocycles. The molecule has 0 aliphatic carbocycles. The number of nitrogens with one attached hydrogen (secondary N) is 2. The molecule has 0 radical (unpaired) electrons. The summed E-state index contributed by atoms with van der Waals surface area (Å²) in [5, 5.41) is 11.4. The first-order valence-corrected chi connectivity index (χ1v) is 10.6. The first kappa shape index (κ1) is 18.7. The molecule has 1 atom stereocenters. The van der Waals surface area contributed by atoms with Crippen molar-refractivity contribution in [3.05, 3.63) is 11.6 Å². The SMILES string of the molecule is CCNC(=O)CCN1C[C@H](NCC)c2cc(S(N)(=O)=O)sc2S1. The third-order valence-electron chi connectivity index (χ3n) is 3.37. The first-order chi connectivity index (χ1) is 10.8. The Hall–Kier alpha value is -0.650. The Labute approximate surface area is 145 Å². The molecule has 0 bridgehead atoms. The van der Waals surface area contributed by atoms with Crippen LogP contribution in [0.1, 0.15) is 31.9 Å². The number of carbonyl (C=O) groups is 1. The molecular weight excluding hydrogens is 356 g/mol. The molecule has 1 amide bonds. The molecule has 0 unspecified atom stereocenters. The van der Waals surface area contributed by atoms with Gasteiger partial charge in [-0.15, -0.1) is 11.3 Å². The summed E-state index contributed by atoms with van der Waals surface area (Å²) in [6, 6.07) is 1.70. The molecule has 1 aliphatic rings. The van der Waals surface area contributed by atoms with Crippen LogP contribution in [0.15, 0.2) is 14.5 Å². The number of nitrogens with zero attached hydrogens (tertiary/aromatic N) is 1. The number of rotatable bonds is 7. The number of nitrogens with two attached hydrogens (primary N) is 1. The van der Waals surface area contributed by atoms with Gasteiger partial charge in [0.1, 0.15) is 4.21 Å². The lowest BCUT2D eigenvalue weighted by Crippen LogP contribution is -2.36. The monoisotopic (exact) mass is 378 g/mol. The predicted molar refractivity (Wildman–Crippen MR) is 92.8 cm³/mol. The summed E-state index contributed by atoms with van der Waals surface area (Å²) in [6.45, 7) is 6.62. The van der Waals surface area contributed by atoms with Crippen LogP contribution in [0.3, 0.4) is 0 Å². The second-order valence-corrected chi connectivity index (χ2v) is 9.35. The number of carbonyl (C=O) groups excluding carboxylic acids is 1. The highest BCUT2D eigenvalue weighted by molar-refractivity contribution is 7.99. The number of primary sulfonamides is 1. The van der Waals surface area contributed by atoms with Crippen molar-refractivity contribution in [2.24, 2.45) is 5.14 Å². The van der Waals surface area contributed by atoms with E-state index in [0.717, 1.165) is 16.3 Å². The van der Waals surface area contributed by atoms with Crippen molar-refractivity contribution in [3.63, 3.8) is 0 Å². The molecule has 4 N–H and O–H groups in total. The highest BCUT2D eigenvalue weighted by atomic mass is 32.3. The lowest BCUT2D eigenvalue weighted by Gasteiger charge is -2.31. The Kier molecular flexibility index (Phi) is 6.46. The summed E-state index contributed by atoms with van der Waals surface area (Å²) in [4.78, 5) is 11.6. The van der Waals surface area contributed by atoms with Crippen molar-refractivity contribution in [3.8, 4) is 0 Å². The van der Waals surface area contributed by atoms with E-state index in [2.05, 4.69) is 14.9 Å². The van der Waals surface area contributed by atoms with Crippen LogP contribution in [0, 0.1) is 0 Å². The fourth-order valence-corrected chi connectivity index (χ4v) is 5.88. The molecule has 0 fully saturated rings. The number of thiophene rings is 1. The molecule has 7 nitrogen and oxygen atoms in total. The highest BCUT2D eigenvalue weighted by Crippen LogP contribution is 2.43. The van der Waals surface area contributed by atoms with Crippen LogP contribution in [0.25, 0.3) is 0 Å². The summed E-state index contributed by atoms with van der Waals surface area (Å²) in [5.41, 5.74) is 0.972. The number of hydrogen-bond acceptors (Lipinski definition) is 7. The van der Waals surface area contributed by atoms with E-state index in [4.69, 9.17) is 5.14 Å². The van der Waals surface area contributed by atoms with Gasteiger partial charge in [0, 0.05) is 32.1 Å². The molecule has 130 valence electrons. The van der Waals surface area contributed by atoms with Crippen LogP contribution >= 0.6 is 23.3 Å². The van der Waals surface area contributed by atoms with E-state index >= 15 is 0 Å². The normalized spacial score (nSPS) is 18.7. The largest absolute Gasteiger partial charge is 0.356 e. The first-order valence-electron chi connectivity index (χ1n) is 7.44. The molecule has 2 rings (SSSR count). The molecular formula is C13H22N4O3S3.